The van der Waals surface area contributed by atoms with Crippen molar-refractivity contribution < 1.29 is 14.4 Å². The maximum absolute atomic E-state index is 13.1. The van der Waals surface area contributed by atoms with E-state index in [0.29, 0.717) is 31.9 Å². The van der Waals surface area contributed by atoms with Gasteiger partial charge in [0.05, 0.1) is 17.8 Å². The minimum atomic E-state index is -0.697. The molecule has 0 aromatic heterocycles. The third-order valence-electron chi connectivity index (χ3n) is 4.58. The molecule has 1 aliphatic rings. The normalized spacial score (nSPS) is 14.2. The molecule has 1 aliphatic heterocycles. The van der Waals surface area contributed by atoms with Crippen molar-refractivity contribution in [3.63, 3.8) is 0 Å². The van der Waals surface area contributed by atoms with E-state index >= 15 is 0 Å². The fraction of sp³-hybridized carbons (Fsp3) is 0.0455. The van der Waals surface area contributed by atoms with Gasteiger partial charge in [0.15, 0.2) is 5.71 Å². The number of carbonyl (C=O) groups is 2. The number of carbonyl (C=O) groups excluding carboxylic acids is 2. The molecule has 0 fully saturated rings. The average molecular weight is 460 g/mol. The fourth-order valence-electron chi connectivity index (χ4n) is 3.07. The van der Waals surface area contributed by atoms with Crippen LogP contribution >= 0.6 is 34.8 Å². The highest BCUT2D eigenvalue weighted by molar-refractivity contribution is 6.54. The number of anilines is 1. The molecule has 4 rings (SSSR count). The summed E-state index contributed by atoms with van der Waals surface area (Å²) in [5.74, 6) is -1.12. The molecule has 0 N–H and O–H groups in total. The van der Waals surface area contributed by atoms with Crippen molar-refractivity contribution in [3.05, 3.63) is 98.5 Å². The Morgan fingerprint density at radius 2 is 1.57 bits per heavy atom. The van der Waals surface area contributed by atoms with Crippen LogP contribution < -0.4 is 4.90 Å². The molecule has 0 atom stereocenters. The largest absolute Gasteiger partial charge is 0.365 e. The van der Waals surface area contributed by atoms with Gasteiger partial charge in [-0.3, -0.25) is 4.79 Å². The number of halogens is 3. The van der Waals surface area contributed by atoms with Crippen molar-refractivity contribution in [1.82, 2.24) is 0 Å². The molecule has 150 valence electrons. The minimum absolute atomic E-state index is 0.0242. The van der Waals surface area contributed by atoms with Crippen molar-refractivity contribution in [2.24, 2.45) is 5.16 Å². The van der Waals surface area contributed by atoms with Crippen LogP contribution in [-0.4, -0.2) is 17.6 Å². The maximum Gasteiger partial charge on any atom is 0.365 e. The molecular formula is C22H13Cl3N2O3. The molecule has 30 heavy (non-hydrogen) atoms. The topological polar surface area (TPSA) is 59.0 Å². The Morgan fingerprint density at radius 1 is 0.900 bits per heavy atom. The van der Waals surface area contributed by atoms with Gasteiger partial charge in [-0.2, -0.15) is 0 Å². The Kier molecular flexibility index (Phi) is 5.77. The van der Waals surface area contributed by atoms with Gasteiger partial charge in [-0.1, -0.05) is 64.2 Å². The van der Waals surface area contributed by atoms with Gasteiger partial charge in [0.2, 0.25) is 0 Å². The van der Waals surface area contributed by atoms with Gasteiger partial charge in [0.25, 0.3) is 5.91 Å². The van der Waals surface area contributed by atoms with E-state index in [4.69, 9.17) is 39.6 Å². The first-order valence-electron chi connectivity index (χ1n) is 8.85. The van der Waals surface area contributed by atoms with Crippen molar-refractivity contribution in [1.29, 1.82) is 0 Å². The molecule has 0 unspecified atom stereocenters. The summed E-state index contributed by atoms with van der Waals surface area (Å²) in [6, 6.07) is 18.4. The molecule has 0 spiro atoms. The number of para-hydroxylation sites is 1. The Bertz CT molecular complexity index is 1160. The first-order valence-corrected chi connectivity index (χ1v) is 9.98. The van der Waals surface area contributed by atoms with Crippen LogP contribution in [-0.2, 0) is 16.2 Å². The molecule has 0 bridgehead atoms. The van der Waals surface area contributed by atoms with Crippen LogP contribution in [0.3, 0.4) is 0 Å². The third-order valence-corrected chi connectivity index (χ3v) is 5.54. The molecule has 3 aromatic rings. The molecule has 1 amide bonds. The first-order chi connectivity index (χ1) is 14.5. The zero-order valence-corrected chi connectivity index (χ0v) is 17.6. The lowest BCUT2D eigenvalue weighted by molar-refractivity contribution is -0.112. The highest BCUT2D eigenvalue weighted by atomic mass is 35.5. The molecular weight excluding hydrogens is 447 g/mol. The molecule has 0 saturated heterocycles. The van der Waals surface area contributed by atoms with Crippen molar-refractivity contribution in [3.8, 4) is 0 Å². The summed E-state index contributed by atoms with van der Waals surface area (Å²) in [6.07, 6.45) is 0. The Balaban J connectivity index is 1.64. The summed E-state index contributed by atoms with van der Waals surface area (Å²) in [4.78, 5) is 31.9. The number of rotatable bonds is 4. The second-order valence-electron chi connectivity index (χ2n) is 6.43. The van der Waals surface area contributed by atoms with E-state index in [1.54, 1.807) is 54.6 Å². The number of nitrogens with zero attached hydrogens (tertiary/aromatic N) is 2. The van der Waals surface area contributed by atoms with E-state index in [0.717, 1.165) is 0 Å². The molecule has 8 heteroatoms. The number of hydrogen-bond donors (Lipinski definition) is 0. The van der Waals surface area contributed by atoms with Gasteiger partial charge < -0.3 is 9.74 Å². The first kappa shape index (κ1) is 20.4. The van der Waals surface area contributed by atoms with Crippen LogP contribution in [0.25, 0.3) is 0 Å². The summed E-state index contributed by atoms with van der Waals surface area (Å²) in [7, 11) is 0. The number of amides is 1. The zero-order chi connectivity index (χ0) is 21.3. The Labute approximate surface area is 187 Å². The predicted octanol–water partition coefficient (Wildman–Crippen LogP) is 5.75. The van der Waals surface area contributed by atoms with Gasteiger partial charge in [0.1, 0.15) is 0 Å². The van der Waals surface area contributed by atoms with Gasteiger partial charge in [-0.25, -0.2) is 4.79 Å². The smallest absolute Gasteiger partial charge is 0.312 e. The van der Waals surface area contributed by atoms with Crippen LogP contribution in [0.2, 0.25) is 15.1 Å². The minimum Gasteiger partial charge on any atom is -0.312 e. The van der Waals surface area contributed by atoms with E-state index in [-0.39, 0.29) is 17.8 Å². The van der Waals surface area contributed by atoms with Gasteiger partial charge in [-0.15, -0.1) is 0 Å². The van der Waals surface area contributed by atoms with E-state index in [1.165, 1.54) is 17.0 Å². The van der Waals surface area contributed by atoms with Crippen LogP contribution in [0, 0.1) is 0 Å². The summed E-state index contributed by atoms with van der Waals surface area (Å²) in [5, 5.41) is 5.25. The monoisotopic (exact) mass is 458 g/mol. The van der Waals surface area contributed by atoms with Gasteiger partial charge in [-0.05, 0) is 42.5 Å². The van der Waals surface area contributed by atoms with Crippen molar-refractivity contribution >= 4 is 58.1 Å². The highest BCUT2D eigenvalue weighted by Crippen LogP contribution is 2.34. The van der Waals surface area contributed by atoms with E-state index in [2.05, 4.69) is 5.16 Å². The predicted molar refractivity (Wildman–Crippen MR) is 117 cm³/mol. The number of hydrogen-bond acceptors (Lipinski definition) is 4. The standard InChI is InChI=1S/C22H13Cl3N2O3/c23-14-10-8-13(9-11-14)22(29)30-26-20-15-4-1-2-7-19(15)27(21(20)28)12-16-17(24)5-3-6-18(16)25/h1-11H,12H2. The number of oxime groups is 1. The quantitative estimate of drug-likeness (QED) is 0.368. The van der Waals surface area contributed by atoms with Crippen LogP contribution in [0.15, 0.2) is 71.9 Å². The lowest BCUT2D eigenvalue weighted by Crippen LogP contribution is -2.30. The Morgan fingerprint density at radius 3 is 2.27 bits per heavy atom. The van der Waals surface area contributed by atoms with E-state index in [9.17, 15) is 9.59 Å². The molecule has 0 saturated carbocycles. The van der Waals surface area contributed by atoms with Crippen LogP contribution in [0.4, 0.5) is 5.69 Å². The molecule has 5 nitrogen and oxygen atoms in total. The molecule has 0 aliphatic carbocycles. The molecule has 0 radical (unpaired) electrons. The fourth-order valence-corrected chi connectivity index (χ4v) is 3.72. The van der Waals surface area contributed by atoms with E-state index < -0.39 is 11.9 Å². The number of fused-ring (bicyclic) bond motifs is 1. The second-order valence-corrected chi connectivity index (χ2v) is 7.69. The summed E-state index contributed by atoms with van der Waals surface area (Å²) < 4.78 is 0. The summed E-state index contributed by atoms with van der Waals surface area (Å²) in [5.41, 5.74) is 2.08. The van der Waals surface area contributed by atoms with Gasteiger partial charge in [0, 0.05) is 26.2 Å². The maximum atomic E-state index is 13.1. The molecule has 3 aromatic carbocycles. The molecule has 1 heterocycles. The number of benzene rings is 3. The lowest BCUT2D eigenvalue weighted by Gasteiger charge is -2.18. The van der Waals surface area contributed by atoms with Crippen LogP contribution in [0.1, 0.15) is 21.5 Å². The SMILES string of the molecule is O=C(ON=C1C(=O)N(Cc2c(Cl)cccc2Cl)c2ccccc21)c1ccc(Cl)cc1. The lowest BCUT2D eigenvalue weighted by atomic mass is 10.1. The van der Waals surface area contributed by atoms with Crippen molar-refractivity contribution in [2.75, 3.05) is 4.90 Å². The summed E-state index contributed by atoms with van der Waals surface area (Å²) >= 11 is 18.4. The van der Waals surface area contributed by atoms with Crippen LogP contribution in [0.5, 0.6) is 0 Å². The van der Waals surface area contributed by atoms with Crippen molar-refractivity contribution in [2.45, 2.75) is 6.54 Å². The van der Waals surface area contributed by atoms with Gasteiger partial charge >= 0.3 is 5.97 Å². The summed E-state index contributed by atoms with van der Waals surface area (Å²) in [6.45, 7) is 0.151. The zero-order valence-electron chi connectivity index (χ0n) is 15.3. The van der Waals surface area contributed by atoms with E-state index in [1.807, 2.05) is 0 Å². The average Bonchev–Trinajstić information content (AvgIpc) is 3.00. The third kappa shape index (κ3) is 3.92. The second kappa shape index (κ2) is 8.48. The highest BCUT2D eigenvalue weighted by Gasteiger charge is 2.35. The Hall–Kier alpha value is -2.86.